The van der Waals surface area contributed by atoms with Gasteiger partial charge in [-0.1, -0.05) is 24.3 Å². The standard InChI is InChI=1S/C16H15FN2O/c1-11(19)12-6-7-16(15(17)8-12)20-10-14-5-3-2-4-13(14)9-18/h2-8,11H,10,19H2,1H3/t11-/m1/s1. The summed E-state index contributed by atoms with van der Waals surface area (Å²) in [5.41, 5.74) is 7.66. The predicted octanol–water partition coefficient (Wildman–Crippen LogP) is 3.30. The lowest BCUT2D eigenvalue weighted by Gasteiger charge is -2.11. The molecule has 0 saturated carbocycles. The summed E-state index contributed by atoms with van der Waals surface area (Å²) in [6.07, 6.45) is 0. The highest BCUT2D eigenvalue weighted by atomic mass is 19.1. The lowest BCUT2D eigenvalue weighted by molar-refractivity contribution is 0.290. The van der Waals surface area contributed by atoms with Crippen LogP contribution in [0.2, 0.25) is 0 Å². The highest BCUT2D eigenvalue weighted by molar-refractivity contribution is 5.37. The van der Waals surface area contributed by atoms with Gasteiger partial charge in [-0.05, 0) is 30.7 Å². The number of nitriles is 1. The van der Waals surface area contributed by atoms with E-state index < -0.39 is 5.82 Å². The summed E-state index contributed by atoms with van der Waals surface area (Å²) in [6.45, 7) is 1.94. The zero-order valence-corrected chi connectivity index (χ0v) is 11.1. The Hall–Kier alpha value is -2.38. The number of hydrogen-bond donors (Lipinski definition) is 1. The fraction of sp³-hybridized carbons (Fsp3) is 0.188. The summed E-state index contributed by atoms with van der Waals surface area (Å²) in [4.78, 5) is 0. The highest BCUT2D eigenvalue weighted by Crippen LogP contribution is 2.22. The first-order valence-corrected chi connectivity index (χ1v) is 6.27. The fourth-order valence-electron chi connectivity index (χ4n) is 1.83. The molecule has 2 N–H and O–H groups in total. The van der Waals surface area contributed by atoms with E-state index in [0.717, 1.165) is 5.56 Å². The third kappa shape index (κ3) is 3.14. The number of nitrogens with zero attached hydrogens (tertiary/aromatic N) is 1. The molecule has 0 fully saturated rings. The van der Waals surface area contributed by atoms with Crippen LogP contribution in [-0.4, -0.2) is 0 Å². The Morgan fingerprint density at radius 1 is 1.30 bits per heavy atom. The van der Waals surface area contributed by atoms with Crippen molar-refractivity contribution in [1.82, 2.24) is 0 Å². The van der Waals surface area contributed by atoms with Crippen molar-refractivity contribution in [2.75, 3.05) is 0 Å². The zero-order valence-electron chi connectivity index (χ0n) is 11.1. The molecule has 2 aromatic rings. The maximum Gasteiger partial charge on any atom is 0.165 e. The molecule has 0 heterocycles. The minimum Gasteiger partial charge on any atom is -0.486 e. The van der Waals surface area contributed by atoms with E-state index >= 15 is 0 Å². The predicted molar refractivity (Wildman–Crippen MR) is 74.5 cm³/mol. The van der Waals surface area contributed by atoms with Gasteiger partial charge in [0.15, 0.2) is 11.6 Å². The van der Waals surface area contributed by atoms with Crippen LogP contribution in [0.4, 0.5) is 4.39 Å². The van der Waals surface area contributed by atoms with Gasteiger partial charge in [-0.15, -0.1) is 0 Å². The lowest BCUT2D eigenvalue weighted by Crippen LogP contribution is -2.06. The molecule has 0 spiro atoms. The van der Waals surface area contributed by atoms with E-state index in [4.69, 9.17) is 15.7 Å². The molecule has 0 unspecified atom stereocenters. The fourth-order valence-corrected chi connectivity index (χ4v) is 1.83. The summed E-state index contributed by atoms with van der Waals surface area (Å²) < 4.78 is 19.3. The summed E-state index contributed by atoms with van der Waals surface area (Å²) in [6, 6.07) is 13.6. The van der Waals surface area contributed by atoms with E-state index in [9.17, 15) is 4.39 Å². The first kappa shape index (κ1) is 14.0. The SMILES string of the molecule is C[C@@H](N)c1ccc(OCc2ccccc2C#N)c(F)c1. The summed E-state index contributed by atoms with van der Waals surface area (Å²) in [5, 5.41) is 8.97. The largest absolute Gasteiger partial charge is 0.486 e. The Kier molecular flexibility index (Phi) is 4.34. The smallest absolute Gasteiger partial charge is 0.165 e. The van der Waals surface area contributed by atoms with Gasteiger partial charge in [0.25, 0.3) is 0 Å². The van der Waals surface area contributed by atoms with Crippen LogP contribution in [0.15, 0.2) is 42.5 Å². The van der Waals surface area contributed by atoms with E-state index in [2.05, 4.69) is 6.07 Å². The van der Waals surface area contributed by atoms with Crippen LogP contribution in [0.3, 0.4) is 0 Å². The molecule has 0 amide bonds. The van der Waals surface area contributed by atoms with E-state index in [0.29, 0.717) is 11.1 Å². The molecule has 102 valence electrons. The molecular formula is C16H15FN2O. The van der Waals surface area contributed by atoms with Gasteiger partial charge in [0.1, 0.15) is 6.61 Å². The van der Waals surface area contributed by atoms with Crippen molar-refractivity contribution >= 4 is 0 Å². The molecule has 0 aromatic heterocycles. The van der Waals surface area contributed by atoms with Crippen molar-refractivity contribution in [3.05, 3.63) is 65.0 Å². The minimum absolute atomic E-state index is 0.151. The zero-order chi connectivity index (χ0) is 14.5. The summed E-state index contributed by atoms with van der Waals surface area (Å²) in [7, 11) is 0. The van der Waals surface area contributed by atoms with E-state index in [1.54, 1.807) is 37.3 Å². The monoisotopic (exact) mass is 270 g/mol. The maximum absolute atomic E-state index is 13.9. The molecule has 1 atom stereocenters. The van der Waals surface area contributed by atoms with Gasteiger partial charge in [0.2, 0.25) is 0 Å². The van der Waals surface area contributed by atoms with E-state index in [1.165, 1.54) is 6.07 Å². The van der Waals surface area contributed by atoms with Crippen LogP contribution in [-0.2, 0) is 6.61 Å². The Balaban J connectivity index is 2.14. The quantitative estimate of drug-likeness (QED) is 0.927. The molecule has 4 heteroatoms. The molecule has 0 radical (unpaired) electrons. The van der Waals surface area contributed by atoms with Crippen LogP contribution in [0.25, 0.3) is 0 Å². The molecule has 0 aliphatic carbocycles. The first-order valence-electron chi connectivity index (χ1n) is 6.27. The van der Waals surface area contributed by atoms with Gasteiger partial charge in [0, 0.05) is 11.6 Å². The highest BCUT2D eigenvalue weighted by Gasteiger charge is 2.08. The first-order chi connectivity index (χ1) is 9.61. The van der Waals surface area contributed by atoms with Crippen LogP contribution < -0.4 is 10.5 Å². The van der Waals surface area contributed by atoms with Crippen molar-refractivity contribution in [1.29, 1.82) is 5.26 Å². The van der Waals surface area contributed by atoms with Crippen molar-refractivity contribution < 1.29 is 9.13 Å². The number of benzene rings is 2. The number of rotatable bonds is 4. The van der Waals surface area contributed by atoms with Crippen molar-refractivity contribution in [3.63, 3.8) is 0 Å². The Morgan fingerprint density at radius 2 is 2.05 bits per heavy atom. The number of nitrogens with two attached hydrogens (primary N) is 1. The average molecular weight is 270 g/mol. The van der Waals surface area contributed by atoms with Gasteiger partial charge in [-0.25, -0.2) is 4.39 Å². The Labute approximate surface area is 117 Å². The van der Waals surface area contributed by atoms with Crippen molar-refractivity contribution in [3.8, 4) is 11.8 Å². The van der Waals surface area contributed by atoms with Gasteiger partial charge < -0.3 is 10.5 Å². The van der Waals surface area contributed by atoms with Crippen LogP contribution in [0, 0.1) is 17.1 Å². The maximum atomic E-state index is 13.9. The van der Waals surface area contributed by atoms with Crippen molar-refractivity contribution in [2.45, 2.75) is 19.6 Å². The third-order valence-electron chi connectivity index (χ3n) is 3.00. The number of hydrogen-bond acceptors (Lipinski definition) is 3. The Bertz CT molecular complexity index is 647. The molecular weight excluding hydrogens is 255 g/mol. The second kappa shape index (κ2) is 6.18. The molecule has 0 aliphatic rings. The minimum atomic E-state index is -0.450. The second-order valence-electron chi connectivity index (χ2n) is 4.54. The third-order valence-corrected chi connectivity index (χ3v) is 3.00. The molecule has 0 saturated heterocycles. The normalized spacial score (nSPS) is 11.7. The van der Waals surface area contributed by atoms with E-state index in [1.807, 2.05) is 6.07 Å². The molecule has 2 aromatic carbocycles. The molecule has 20 heavy (non-hydrogen) atoms. The van der Waals surface area contributed by atoms with Gasteiger partial charge in [0.05, 0.1) is 11.6 Å². The van der Waals surface area contributed by atoms with Gasteiger partial charge in [-0.3, -0.25) is 0 Å². The van der Waals surface area contributed by atoms with Crippen LogP contribution in [0.1, 0.15) is 29.7 Å². The Morgan fingerprint density at radius 3 is 2.70 bits per heavy atom. The van der Waals surface area contributed by atoms with Crippen LogP contribution in [0.5, 0.6) is 5.75 Å². The molecule has 0 bridgehead atoms. The van der Waals surface area contributed by atoms with Crippen LogP contribution >= 0.6 is 0 Å². The second-order valence-corrected chi connectivity index (χ2v) is 4.54. The molecule has 3 nitrogen and oxygen atoms in total. The topological polar surface area (TPSA) is 59.0 Å². The number of ether oxygens (including phenoxy) is 1. The van der Waals surface area contributed by atoms with Gasteiger partial charge >= 0.3 is 0 Å². The summed E-state index contributed by atoms with van der Waals surface area (Å²) in [5.74, 6) is -0.295. The molecule has 2 rings (SSSR count). The lowest BCUT2D eigenvalue weighted by atomic mass is 10.1. The average Bonchev–Trinajstić information content (AvgIpc) is 2.46. The van der Waals surface area contributed by atoms with Gasteiger partial charge in [-0.2, -0.15) is 5.26 Å². The van der Waals surface area contributed by atoms with Crippen molar-refractivity contribution in [2.24, 2.45) is 5.73 Å². The summed E-state index contributed by atoms with van der Waals surface area (Å²) >= 11 is 0. The number of halogens is 1. The molecule has 0 aliphatic heterocycles. The van der Waals surface area contributed by atoms with E-state index in [-0.39, 0.29) is 18.4 Å².